The van der Waals surface area contributed by atoms with Crippen molar-refractivity contribution < 1.29 is 9.53 Å². The van der Waals surface area contributed by atoms with Crippen molar-refractivity contribution in [3.63, 3.8) is 0 Å². The largest absolute Gasteiger partial charge is 0.449 e. The van der Waals surface area contributed by atoms with Crippen molar-refractivity contribution >= 4 is 6.09 Å². The number of hydrogen-bond donors (Lipinski definition) is 0. The van der Waals surface area contributed by atoms with Crippen molar-refractivity contribution in [1.29, 1.82) is 0 Å². The molecule has 0 atom stereocenters. The molecule has 1 aliphatic heterocycles. The number of rotatable bonds is 6. The van der Waals surface area contributed by atoms with Gasteiger partial charge >= 0.3 is 6.09 Å². The maximum atomic E-state index is 11.7. The fourth-order valence-corrected chi connectivity index (χ4v) is 2.29. The normalized spacial score (nSPS) is 17.2. The Balaban J connectivity index is 2.15. The van der Waals surface area contributed by atoms with Gasteiger partial charge in [0.25, 0.3) is 0 Å². The molecule has 3 heteroatoms. The number of likely N-dealkylation sites (tertiary alicyclic amines) is 1. The summed E-state index contributed by atoms with van der Waals surface area (Å²) in [7, 11) is 0. The molecule has 1 rings (SSSR count). The van der Waals surface area contributed by atoms with E-state index in [1.807, 2.05) is 4.90 Å². The molecule has 0 aliphatic carbocycles. The molecule has 17 heavy (non-hydrogen) atoms. The number of piperidine rings is 1. The van der Waals surface area contributed by atoms with Crippen molar-refractivity contribution in [2.75, 3.05) is 19.7 Å². The first-order chi connectivity index (χ1) is 8.27. The van der Waals surface area contributed by atoms with Gasteiger partial charge in [-0.25, -0.2) is 4.79 Å². The van der Waals surface area contributed by atoms with E-state index < -0.39 is 0 Å². The molecule has 1 amide bonds. The van der Waals surface area contributed by atoms with Gasteiger partial charge in [0.1, 0.15) is 0 Å². The zero-order chi connectivity index (χ0) is 12.5. The minimum Gasteiger partial charge on any atom is -0.449 e. The molecule has 100 valence electrons. The van der Waals surface area contributed by atoms with Crippen LogP contribution in [0.2, 0.25) is 0 Å². The highest BCUT2D eigenvalue weighted by Gasteiger charge is 2.22. The van der Waals surface area contributed by atoms with E-state index >= 15 is 0 Å². The van der Waals surface area contributed by atoms with Gasteiger partial charge < -0.3 is 9.64 Å². The summed E-state index contributed by atoms with van der Waals surface area (Å²) in [6.45, 7) is 6.69. The number of carbonyl (C=O) groups is 1. The molecule has 0 N–H and O–H groups in total. The van der Waals surface area contributed by atoms with Crippen LogP contribution in [0.25, 0.3) is 0 Å². The summed E-state index contributed by atoms with van der Waals surface area (Å²) < 4.78 is 5.23. The first kappa shape index (κ1) is 14.3. The Morgan fingerprint density at radius 1 is 1.18 bits per heavy atom. The summed E-state index contributed by atoms with van der Waals surface area (Å²) >= 11 is 0. The molecular formula is C14H27NO2. The van der Waals surface area contributed by atoms with Crippen LogP contribution in [-0.4, -0.2) is 30.7 Å². The van der Waals surface area contributed by atoms with Gasteiger partial charge in [0, 0.05) is 13.1 Å². The highest BCUT2D eigenvalue weighted by atomic mass is 16.6. The Kier molecular flexibility index (Phi) is 7.06. The van der Waals surface area contributed by atoms with Crippen molar-refractivity contribution in [1.82, 2.24) is 4.90 Å². The van der Waals surface area contributed by atoms with Crippen LogP contribution in [0.1, 0.15) is 58.8 Å². The van der Waals surface area contributed by atoms with Gasteiger partial charge in [0.05, 0.1) is 6.61 Å². The average molecular weight is 241 g/mol. The fourth-order valence-electron chi connectivity index (χ4n) is 2.29. The molecule has 0 radical (unpaired) electrons. The molecule has 1 heterocycles. The lowest BCUT2D eigenvalue weighted by atomic mass is 9.92. The van der Waals surface area contributed by atoms with E-state index in [4.69, 9.17) is 4.74 Å². The highest BCUT2D eigenvalue weighted by Crippen LogP contribution is 2.22. The molecule has 0 bridgehead atoms. The van der Waals surface area contributed by atoms with E-state index in [2.05, 4.69) is 13.8 Å². The molecular weight excluding hydrogens is 214 g/mol. The van der Waals surface area contributed by atoms with Gasteiger partial charge in [-0.05, 0) is 25.2 Å². The summed E-state index contributed by atoms with van der Waals surface area (Å²) in [5, 5.41) is 0. The van der Waals surface area contributed by atoms with Gasteiger partial charge in [0.2, 0.25) is 0 Å². The fraction of sp³-hybridized carbons (Fsp3) is 0.929. The molecule has 1 aliphatic rings. The summed E-state index contributed by atoms with van der Waals surface area (Å²) in [6.07, 6.45) is 8.18. The lowest BCUT2D eigenvalue weighted by Gasteiger charge is -2.31. The topological polar surface area (TPSA) is 29.5 Å². The van der Waals surface area contributed by atoms with E-state index in [9.17, 15) is 4.79 Å². The highest BCUT2D eigenvalue weighted by molar-refractivity contribution is 5.67. The van der Waals surface area contributed by atoms with Crippen LogP contribution >= 0.6 is 0 Å². The minimum atomic E-state index is -0.104. The average Bonchev–Trinajstić information content (AvgIpc) is 2.37. The maximum absolute atomic E-state index is 11.7. The van der Waals surface area contributed by atoms with Crippen LogP contribution in [0.5, 0.6) is 0 Å². The van der Waals surface area contributed by atoms with Crippen LogP contribution in [0, 0.1) is 5.92 Å². The SMILES string of the molecule is CCCCOC(=O)N1CCC(CCCC)CC1. The summed E-state index contributed by atoms with van der Waals surface area (Å²) in [4.78, 5) is 13.6. The smallest absolute Gasteiger partial charge is 0.409 e. The predicted molar refractivity (Wildman–Crippen MR) is 70.1 cm³/mol. The van der Waals surface area contributed by atoms with E-state index in [0.29, 0.717) is 6.61 Å². The molecule has 1 fully saturated rings. The van der Waals surface area contributed by atoms with Crippen molar-refractivity contribution in [2.24, 2.45) is 5.92 Å². The lowest BCUT2D eigenvalue weighted by Crippen LogP contribution is -2.38. The van der Waals surface area contributed by atoms with Gasteiger partial charge in [-0.2, -0.15) is 0 Å². The third kappa shape index (κ3) is 5.42. The van der Waals surface area contributed by atoms with Crippen molar-refractivity contribution in [3.8, 4) is 0 Å². The van der Waals surface area contributed by atoms with Gasteiger partial charge in [-0.1, -0.05) is 39.5 Å². The van der Waals surface area contributed by atoms with Gasteiger partial charge in [-0.15, -0.1) is 0 Å². The quantitative estimate of drug-likeness (QED) is 0.661. The van der Waals surface area contributed by atoms with Crippen molar-refractivity contribution in [3.05, 3.63) is 0 Å². The maximum Gasteiger partial charge on any atom is 0.409 e. The number of nitrogens with zero attached hydrogens (tertiary/aromatic N) is 1. The van der Waals surface area contributed by atoms with Crippen LogP contribution in [0.3, 0.4) is 0 Å². The first-order valence-electron chi connectivity index (χ1n) is 7.19. The molecule has 0 saturated carbocycles. The monoisotopic (exact) mass is 241 g/mol. The van der Waals surface area contributed by atoms with Gasteiger partial charge in [0.15, 0.2) is 0 Å². The molecule has 0 aromatic heterocycles. The number of amides is 1. The van der Waals surface area contributed by atoms with E-state index in [1.54, 1.807) is 0 Å². The Bertz CT molecular complexity index is 210. The molecule has 0 spiro atoms. The second-order valence-electron chi connectivity index (χ2n) is 5.04. The number of ether oxygens (including phenoxy) is 1. The molecule has 0 unspecified atom stereocenters. The zero-order valence-electron chi connectivity index (χ0n) is 11.4. The van der Waals surface area contributed by atoms with E-state index in [0.717, 1.165) is 44.7 Å². The first-order valence-corrected chi connectivity index (χ1v) is 7.19. The number of unbranched alkanes of at least 4 members (excludes halogenated alkanes) is 2. The minimum absolute atomic E-state index is 0.104. The van der Waals surface area contributed by atoms with Crippen LogP contribution in [-0.2, 0) is 4.74 Å². The van der Waals surface area contributed by atoms with E-state index in [-0.39, 0.29) is 6.09 Å². The summed E-state index contributed by atoms with van der Waals surface area (Å²) in [5.74, 6) is 0.828. The third-order valence-electron chi connectivity index (χ3n) is 3.56. The zero-order valence-corrected chi connectivity index (χ0v) is 11.4. The van der Waals surface area contributed by atoms with Gasteiger partial charge in [-0.3, -0.25) is 0 Å². The standard InChI is InChI=1S/C14H27NO2/c1-3-5-7-13-8-10-15(11-9-13)14(16)17-12-6-4-2/h13H,3-12H2,1-2H3. The molecule has 0 aromatic rings. The molecule has 1 saturated heterocycles. The Labute approximate surface area is 106 Å². The summed E-state index contributed by atoms with van der Waals surface area (Å²) in [5.41, 5.74) is 0. The third-order valence-corrected chi connectivity index (χ3v) is 3.56. The predicted octanol–water partition coefficient (Wildman–Crippen LogP) is 3.83. The molecule has 3 nitrogen and oxygen atoms in total. The van der Waals surface area contributed by atoms with Crippen molar-refractivity contribution in [2.45, 2.75) is 58.8 Å². The number of carbonyl (C=O) groups excluding carboxylic acids is 1. The summed E-state index contributed by atoms with van der Waals surface area (Å²) in [6, 6.07) is 0. The van der Waals surface area contributed by atoms with Crippen LogP contribution < -0.4 is 0 Å². The Morgan fingerprint density at radius 2 is 1.82 bits per heavy atom. The Morgan fingerprint density at radius 3 is 2.41 bits per heavy atom. The number of hydrogen-bond acceptors (Lipinski definition) is 2. The van der Waals surface area contributed by atoms with Crippen LogP contribution in [0.15, 0.2) is 0 Å². The van der Waals surface area contributed by atoms with E-state index in [1.165, 1.54) is 19.3 Å². The van der Waals surface area contributed by atoms with Crippen LogP contribution in [0.4, 0.5) is 4.79 Å². The molecule has 0 aromatic carbocycles. The Hall–Kier alpha value is -0.730. The second kappa shape index (κ2) is 8.37. The second-order valence-corrected chi connectivity index (χ2v) is 5.04. The lowest BCUT2D eigenvalue weighted by molar-refractivity contribution is 0.0856.